The fourth-order valence-corrected chi connectivity index (χ4v) is 3.79. The van der Waals surface area contributed by atoms with E-state index >= 15 is 0 Å². The molecule has 1 fully saturated rings. The molecule has 2 nitrogen and oxygen atoms in total. The minimum atomic E-state index is 0.169. The molecule has 2 rings (SSSR count). The minimum absolute atomic E-state index is 0.169. The van der Waals surface area contributed by atoms with Crippen molar-refractivity contribution in [1.29, 1.82) is 0 Å². The van der Waals surface area contributed by atoms with Gasteiger partial charge >= 0.3 is 0 Å². The van der Waals surface area contributed by atoms with Crippen LogP contribution in [0.4, 0.5) is 0 Å². The number of hydrogen-bond donors (Lipinski definition) is 1. The molecule has 2 unspecified atom stereocenters. The maximum absolute atomic E-state index is 6.37. The number of hydrogen-bond acceptors (Lipinski definition) is 2. The molecule has 1 aliphatic heterocycles. The van der Waals surface area contributed by atoms with E-state index in [1.165, 1.54) is 19.3 Å². The van der Waals surface area contributed by atoms with Crippen molar-refractivity contribution in [1.82, 2.24) is 4.90 Å². The van der Waals surface area contributed by atoms with Gasteiger partial charge in [-0.1, -0.05) is 37.0 Å². The van der Waals surface area contributed by atoms with Gasteiger partial charge in [-0.25, -0.2) is 0 Å². The van der Waals surface area contributed by atoms with E-state index in [2.05, 4.69) is 18.7 Å². The predicted octanol–water partition coefficient (Wildman–Crippen LogP) is 4.75. The Hall–Kier alpha value is -0.280. The first kappa shape index (κ1) is 17.1. The highest BCUT2D eigenvalue weighted by atomic mass is 35.5. The van der Waals surface area contributed by atoms with Crippen molar-refractivity contribution in [2.45, 2.75) is 39.2 Å². The van der Waals surface area contributed by atoms with Gasteiger partial charge in [0, 0.05) is 22.6 Å². The third-order valence-electron chi connectivity index (χ3n) is 4.73. The highest BCUT2D eigenvalue weighted by Crippen LogP contribution is 2.33. The van der Waals surface area contributed by atoms with Crippen LogP contribution in [0.1, 0.15) is 44.7 Å². The van der Waals surface area contributed by atoms with Crippen molar-refractivity contribution in [3.05, 3.63) is 33.8 Å². The van der Waals surface area contributed by atoms with Gasteiger partial charge in [0.1, 0.15) is 0 Å². The molecule has 0 amide bonds. The van der Waals surface area contributed by atoms with Crippen LogP contribution in [-0.4, -0.2) is 24.5 Å². The second-order valence-electron chi connectivity index (χ2n) is 6.39. The summed E-state index contributed by atoms with van der Waals surface area (Å²) in [5.74, 6) is 1.58. The molecule has 1 aliphatic rings. The van der Waals surface area contributed by atoms with Crippen molar-refractivity contribution >= 4 is 23.2 Å². The van der Waals surface area contributed by atoms with Gasteiger partial charge in [0.05, 0.1) is 0 Å². The quantitative estimate of drug-likeness (QED) is 0.863. The summed E-state index contributed by atoms with van der Waals surface area (Å²) in [6, 6.07) is 5.84. The molecule has 4 heteroatoms. The molecule has 0 aliphatic carbocycles. The summed E-state index contributed by atoms with van der Waals surface area (Å²) >= 11 is 12.5. The van der Waals surface area contributed by atoms with Gasteiger partial charge in [0.2, 0.25) is 0 Å². The van der Waals surface area contributed by atoms with Crippen LogP contribution in [0.5, 0.6) is 0 Å². The smallest absolute Gasteiger partial charge is 0.0485 e. The molecular weight excluding hydrogens is 303 g/mol. The van der Waals surface area contributed by atoms with Crippen LogP contribution in [0.15, 0.2) is 18.2 Å². The van der Waals surface area contributed by atoms with E-state index in [0.717, 1.165) is 40.5 Å². The SMILES string of the molecule is CC(C)C1CCCN(C(CN)c2cc(Cl)ccc2Cl)CC1. The lowest BCUT2D eigenvalue weighted by Gasteiger charge is -2.31. The fourth-order valence-electron chi connectivity index (χ4n) is 3.37. The largest absolute Gasteiger partial charge is 0.329 e. The number of rotatable bonds is 4. The molecule has 1 aromatic carbocycles. The van der Waals surface area contributed by atoms with Crippen LogP contribution >= 0.6 is 23.2 Å². The Balaban J connectivity index is 2.15. The summed E-state index contributed by atoms with van der Waals surface area (Å²) < 4.78 is 0. The van der Waals surface area contributed by atoms with E-state index in [0.29, 0.717) is 6.54 Å². The molecule has 0 bridgehead atoms. The van der Waals surface area contributed by atoms with Gasteiger partial charge in [0.15, 0.2) is 0 Å². The molecule has 0 spiro atoms. The third-order valence-corrected chi connectivity index (χ3v) is 5.31. The molecule has 1 saturated heterocycles. The van der Waals surface area contributed by atoms with E-state index in [-0.39, 0.29) is 6.04 Å². The zero-order chi connectivity index (χ0) is 15.4. The number of nitrogens with two attached hydrogens (primary N) is 1. The maximum Gasteiger partial charge on any atom is 0.0485 e. The molecule has 1 heterocycles. The predicted molar refractivity (Wildman–Crippen MR) is 92.0 cm³/mol. The highest BCUT2D eigenvalue weighted by Gasteiger charge is 2.26. The summed E-state index contributed by atoms with van der Waals surface area (Å²) in [7, 11) is 0. The Morgan fingerprint density at radius 2 is 2.00 bits per heavy atom. The molecule has 0 aromatic heterocycles. The molecule has 1 aromatic rings. The molecule has 2 N–H and O–H groups in total. The number of nitrogens with zero attached hydrogens (tertiary/aromatic N) is 1. The highest BCUT2D eigenvalue weighted by molar-refractivity contribution is 6.33. The molecule has 21 heavy (non-hydrogen) atoms. The van der Waals surface area contributed by atoms with Crippen molar-refractivity contribution in [2.75, 3.05) is 19.6 Å². The molecule has 0 radical (unpaired) electrons. The van der Waals surface area contributed by atoms with Gasteiger partial charge in [-0.2, -0.15) is 0 Å². The van der Waals surface area contributed by atoms with Gasteiger partial charge in [0.25, 0.3) is 0 Å². The van der Waals surface area contributed by atoms with Crippen LogP contribution in [0.25, 0.3) is 0 Å². The summed E-state index contributed by atoms with van der Waals surface area (Å²) in [4.78, 5) is 2.49. The second-order valence-corrected chi connectivity index (χ2v) is 7.23. The molecule has 118 valence electrons. The number of halogens is 2. The van der Waals surface area contributed by atoms with E-state index in [9.17, 15) is 0 Å². The van der Waals surface area contributed by atoms with E-state index in [1.54, 1.807) is 0 Å². The Morgan fingerprint density at radius 1 is 1.24 bits per heavy atom. The minimum Gasteiger partial charge on any atom is -0.329 e. The lowest BCUT2D eigenvalue weighted by molar-refractivity contribution is 0.204. The second kappa shape index (κ2) is 7.82. The van der Waals surface area contributed by atoms with Crippen LogP contribution in [-0.2, 0) is 0 Å². The number of likely N-dealkylation sites (tertiary alicyclic amines) is 1. The van der Waals surface area contributed by atoms with Crippen molar-refractivity contribution in [3.8, 4) is 0 Å². The monoisotopic (exact) mass is 328 g/mol. The Morgan fingerprint density at radius 3 is 2.67 bits per heavy atom. The zero-order valence-corrected chi connectivity index (χ0v) is 14.5. The topological polar surface area (TPSA) is 29.3 Å². The van der Waals surface area contributed by atoms with Gasteiger partial charge in [-0.05, 0) is 68.0 Å². The summed E-state index contributed by atoms with van der Waals surface area (Å²) in [6.45, 7) is 7.41. The van der Waals surface area contributed by atoms with Crippen LogP contribution < -0.4 is 5.73 Å². The van der Waals surface area contributed by atoms with Crippen LogP contribution in [0.2, 0.25) is 10.0 Å². The van der Waals surface area contributed by atoms with Crippen molar-refractivity contribution in [3.63, 3.8) is 0 Å². The van der Waals surface area contributed by atoms with Gasteiger partial charge < -0.3 is 5.73 Å². The third kappa shape index (κ3) is 4.35. The zero-order valence-electron chi connectivity index (χ0n) is 13.0. The van der Waals surface area contributed by atoms with Crippen molar-refractivity contribution < 1.29 is 0 Å². The number of benzene rings is 1. The van der Waals surface area contributed by atoms with Gasteiger partial charge in [-0.3, -0.25) is 4.90 Å². The summed E-state index contributed by atoms with van der Waals surface area (Å²) in [6.07, 6.45) is 3.79. The summed E-state index contributed by atoms with van der Waals surface area (Å²) in [5.41, 5.74) is 7.12. The van der Waals surface area contributed by atoms with E-state index in [4.69, 9.17) is 28.9 Å². The average Bonchev–Trinajstić information content (AvgIpc) is 2.70. The first-order valence-corrected chi connectivity index (χ1v) is 8.67. The Labute approximate surface area is 138 Å². The normalized spacial score (nSPS) is 22.3. The lowest BCUT2D eigenvalue weighted by Crippen LogP contribution is -2.35. The average molecular weight is 329 g/mol. The standard InChI is InChI=1S/C17H26Cl2N2/c1-12(2)13-4-3-8-21(9-7-13)17(11-20)15-10-14(18)5-6-16(15)19/h5-6,10,12-13,17H,3-4,7-9,11,20H2,1-2H3. The first-order chi connectivity index (χ1) is 10.0. The van der Waals surface area contributed by atoms with E-state index in [1.807, 2.05) is 18.2 Å². The summed E-state index contributed by atoms with van der Waals surface area (Å²) in [5, 5.41) is 1.49. The van der Waals surface area contributed by atoms with Crippen LogP contribution in [0, 0.1) is 11.8 Å². The van der Waals surface area contributed by atoms with Gasteiger partial charge in [-0.15, -0.1) is 0 Å². The van der Waals surface area contributed by atoms with E-state index < -0.39 is 0 Å². The Kier molecular flexibility index (Phi) is 6.36. The molecular formula is C17H26Cl2N2. The maximum atomic E-state index is 6.37. The van der Waals surface area contributed by atoms with Crippen LogP contribution in [0.3, 0.4) is 0 Å². The Bertz CT molecular complexity index is 462. The lowest BCUT2D eigenvalue weighted by atomic mass is 9.89. The fraction of sp³-hybridized carbons (Fsp3) is 0.647. The molecule has 0 saturated carbocycles. The first-order valence-electron chi connectivity index (χ1n) is 7.92. The van der Waals surface area contributed by atoms with Crippen molar-refractivity contribution in [2.24, 2.45) is 17.6 Å². The molecule has 2 atom stereocenters.